The van der Waals surface area contributed by atoms with Crippen LogP contribution in [0.5, 0.6) is 0 Å². The fourth-order valence-electron chi connectivity index (χ4n) is 8.08. The smallest absolute Gasteiger partial charge is 0.320 e. The number of anilines is 1. The molecule has 3 aromatic rings. The first-order valence-electron chi connectivity index (χ1n) is 25.1. The number of ketones is 1. The van der Waals surface area contributed by atoms with Crippen molar-refractivity contribution in [2.75, 3.05) is 91.2 Å². The molecule has 15 N–H and O–H groups in total. The van der Waals surface area contributed by atoms with E-state index in [2.05, 4.69) is 26.6 Å². The Bertz CT molecular complexity index is 2280. The molecule has 2 aromatic carbocycles. The number of carbonyl (C=O) groups is 8. The molecule has 6 unspecified atom stereocenters. The van der Waals surface area contributed by atoms with Crippen LogP contribution < -0.4 is 26.6 Å². The van der Waals surface area contributed by atoms with E-state index >= 15 is 0 Å². The van der Waals surface area contributed by atoms with E-state index in [1.54, 1.807) is 35.0 Å². The van der Waals surface area contributed by atoms with Crippen LogP contribution >= 0.6 is 0 Å². The predicted octanol–water partition coefficient (Wildman–Crippen LogP) is -4.12. The standard InChI is InChI=1S/C51H71N9O18/c1-58-9-11-59(43(50(75)76)6-5-38(65)15-30-13-31(46(71)52-20-39(66)26-61)16-32(14-30)47(72)53-21-40(67)27-62)24-35-3-2-4-36(56-35)25-60(12-10-58)44(51(77)78)7-8-45(70)57-37-18-33(48(73)54-22-41(68)28-63)17-34(19-37)49(74)55-23-42(69)29-64/h2-4,13-14,16-19,39-44,61-64,66-69H,5-12,15,20-29H2,1H3,(H,52,71)(H,53,72)(H,54,73)(H,55,74)(H,57,70)(H,75,76)(H,77,78). The molecule has 2 heterocycles. The number of amides is 5. The number of carbonyl (C=O) groups excluding carboxylic acids is 6. The summed E-state index contributed by atoms with van der Waals surface area (Å²) < 4.78 is 0. The summed E-state index contributed by atoms with van der Waals surface area (Å²) in [5.74, 6) is -6.54. The monoisotopic (exact) mass is 1100 g/mol. The quantitative estimate of drug-likeness (QED) is 0.0314. The van der Waals surface area contributed by atoms with Crippen LogP contribution in [0.4, 0.5) is 5.69 Å². The number of aliphatic carboxylic acids is 2. The third kappa shape index (κ3) is 21.2. The van der Waals surface area contributed by atoms with Gasteiger partial charge in [-0.3, -0.25) is 53.1 Å². The highest BCUT2D eigenvalue weighted by molar-refractivity contribution is 6.03. The molecule has 1 aromatic heterocycles. The van der Waals surface area contributed by atoms with Crippen molar-refractivity contribution in [2.24, 2.45) is 0 Å². The van der Waals surface area contributed by atoms with E-state index in [-0.39, 0.29) is 131 Å². The zero-order valence-corrected chi connectivity index (χ0v) is 43.1. The maximum Gasteiger partial charge on any atom is 0.320 e. The molecule has 27 nitrogen and oxygen atoms in total. The summed E-state index contributed by atoms with van der Waals surface area (Å²) in [6.45, 7) is -2.93. The van der Waals surface area contributed by atoms with Crippen LogP contribution in [-0.2, 0) is 38.7 Å². The Morgan fingerprint density at radius 3 is 1.28 bits per heavy atom. The number of Topliss-reactive ketones (excluding diaryl/α,β-unsaturated/α-hetero) is 1. The lowest BCUT2D eigenvalue weighted by Gasteiger charge is -2.33. The minimum absolute atomic E-state index is 0.00414. The maximum atomic E-state index is 13.6. The van der Waals surface area contributed by atoms with E-state index in [4.69, 9.17) is 25.4 Å². The van der Waals surface area contributed by atoms with Gasteiger partial charge in [0, 0.05) is 113 Å². The number of nitrogens with zero attached hydrogens (tertiary/aromatic N) is 4. The Kier molecular flexibility index (Phi) is 26.2. The lowest BCUT2D eigenvalue weighted by atomic mass is 9.98. The number of aliphatic hydroxyl groups is 8. The van der Waals surface area contributed by atoms with Crippen LogP contribution in [0.1, 0.15) is 84.1 Å². The van der Waals surface area contributed by atoms with Crippen molar-refractivity contribution in [3.05, 3.63) is 93.8 Å². The first-order valence-corrected chi connectivity index (χ1v) is 25.1. The molecule has 4 rings (SSSR count). The molecule has 0 radical (unpaired) electrons. The van der Waals surface area contributed by atoms with Crippen LogP contribution in [0.3, 0.4) is 0 Å². The van der Waals surface area contributed by atoms with Gasteiger partial charge in [-0.1, -0.05) is 6.07 Å². The third-order valence-corrected chi connectivity index (χ3v) is 12.4. The highest BCUT2D eigenvalue weighted by Gasteiger charge is 2.31. The molecular formula is C51H71N9O18. The molecule has 0 fully saturated rings. The second-order valence-corrected chi connectivity index (χ2v) is 18.8. The number of hydrogen-bond acceptors (Lipinski definition) is 20. The molecule has 5 amide bonds. The fraction of sp³-hybridized carbons (Fsp3) is 0.510. The minimum Gasteiger partial charge on any atom is -0.480 e. The molecule has 6 atom stereocenters. The fourth-order valence-corrected chi connectivity index (χ4v) is 8.08. The van der Waals surface area contributed by atoms with E-state index in [9.17, 15) is 69.0 Å². The summed E-state index contributed by atoms with van der Waals surface area (Å²) in [4.78, 5) is 115. The Labute approximate surface area is 448 Å². The molecule has 1 aliphatic heterocycles. The van der Waals surface area contributed by atoms with Crippen LogP contribution in [0.2, 0.25) is 0 Å². The molecule has 428 valence electrons. The van der Waals surface area contributed by atoms with Gasteiger partial charge in [0.15, 0.2) is 0 Å². The number of nitrogens with one attached hydrogen (secondary N) is 5. The number of likely N-dealkylation sites (N-methyl/N-ethyl adjacent to an activating group) is 1. The molecular weight excluding hydrogens is 1030 g/mol. The van der Waals surface area contributed by atoms with E-state index in [0.29, 0.717) is 11.4 Å². The maximum absolute atomic E-state index is 13.6. The summed E-state index contributed by atoms with van der Waals surface area (Å²) in [7, 11) is 1.76. The number of carboxylic acid groups (broad SMARTS) is 2. The van der Waals surface area contributed by atoms with Crippen molar-refractivity contribution in [1.29, 1.82) is 0 Å². The predicted molar refractivity (Wildman–Crippen MR) is 276 cm³/mol. The van der Waals surface area contributed by atoms with Gasteiger partial charge in [-0.25, -0.2) is 0 Å². The average Bonchev–Trinajstić information content (AvgIpc) is 3.42. The van der Waals surface area contributed by atoms with Gasteiger partial charge in [0.05, 0.1) is 62.2 Å². The van der Waals surface area contributed by atoms with Gasteiger partial charge in [-0.05, 0) is 74.0 Å². The summed E-state index contributed by atoms with van der Waals surface area (Å²) in [6.07, 6.45) is -6.33. The van der Waals surface area contributed by atoms with Gasteiger partial charge < -0.3 is 82.5 Å². The van der Waals surface area contributed by atoms with Crippen molar-refractivity contribution in [3.8, 4) is 0 Å². The Balaban J connectivity index is 1.49. The molecule has 0 saturated carbocycles. The van der Waals surface area contributed by atoms with Gasteiger partial charge in [-0.15, -0.1) is 0 Å². The van der Waals surface area contributed by atoms with E-state index in [1.165, 1.54) is 36.4 Å². The minimum atomic E-state index is -1.28. The SMILES string of the molecule is CN1CCN(C(CCC(=O)Cc2cc(C(=O)NCC(O)CO)cc(C(=O)NCC(O)CO)c2)C(=O)O)Cc2cccc(n2)CN(C(CCC(=O)Nc2cc(C(=O)NCC(O)CO)cc(C(=O)NCC(O)CO)c2)C(=O)O)CC1. The number of rotatable bonds is 29. The number of carboxylic acids is 2. The number of aromatic nitrogens is 1. The molecule has 1 aliphatic rings. The highest BCUT2D eigenvalue weighted by atomic mass is 16.4. The molecule has 0 saturated heterocycles. The average molecular weight is 1100 g/mol. The molecule has 2 bridgehead atoms. The number of hydrogen-bond donors (Lipinski definition) is 15. The van der Waals surface area contributed by atoms with Crippen molar-refractivity contribution in [3.63, 3.8) is 0 Å². The van der Waals surface area contributed by atoms with Crippen molar-refractivity contribution in [2.45, 2.75) is 81.7 Å². The highest BCUT2D eigenvalue weighted by Crippen LogP contribution is 2.21. The molecule has 78 heavy (non-hydrogen) atoms. The second-order valence-electron chi connectivity index (χ2n) is 18.8. The Morgan fingerprint density at radius 2 is 0.910 bits per heavy atom. The normalized spacial score (nSPS) is 15.9. The van der Waals surface area contributed by atoms with Crippen molar-refractivity contribution >= 4 is 52.9 Å². The number of aliphatic hydroxyl groups excluding tert-OH is 8. The second kappa shape index (κ2) is 32.1. The summed E-state index contributed by atoms with van der Waals surface area (Å²) in [5.41, 5.74) is 0.712. The lowest BCUT2D eigenvalue weighted by Crippen LogP contribution is -2.47. The van der Waals surface area contributed by atoms with Gasteiger partial charge in [0.2, 0.25) is 5.91 Å². The molecule has 27 heteroatoms. The zero-order valence-electron chi connectivity index (χ0n) is 43.1. The first kappa shape index (κ1) is 63.6. The summed E-state index contributed by atoms with van der Waals surface area (Å²) in [6, 6.07) is 10.2. The van der Waals surface area contributed by atoms with Crippen molar-refractivity contribution in [1.82, 2.24) is 41.0 Å². The number of benzene rings is 2. The van der Waals surface area contributed by atoms with Crippen molar-refractivity contribution < 1.29 is 89.4 Å². The van der Waals surface area contributed by atoms with Gasteiger partial charge in [0.1, 0.15) is 17.9 Å². The van der Waals surface area contributed by atoms with Crippen LogP contribution in [0, 0.1) is 0 Å². The van der Waals surface area contributed by atoms with E-state index in [0.717, 1.165) is 0 Å². The Morgan fingerprint density at radius 1 is 0.538 bits per heavy atom. The Hall–Kier alpha value is -6.89. The van der Waals surface area contributed by atoms with Gasteiger partial charge in [-0.2, -0.15) is 0 Å². The lowest BCUT2D eigenvalue weighted by molar-refractivity contribution is -0.145. The van der Waals surface area contributed by atoms with E-state index in [1.807, 2.05) is 4.90 Å². The topological polar surface area (TPSA) is 422 Å². The van der Waals surface area contributed by atoms with Crippen LogP contribution in [0.25, 0.3) is 0 Å². The van der Waals surface area contributed by atoms with Crippen LogP contribution in [0.15, 0.2) is 54.6 Å². The third-order valence-electron chi connectivity index (χ3n) is 12.4. The largest absolute Gasteiger partial charge is 0.480 e. The van der Waals surface area contributed by atoms with Gasteiger partial charge in [0.25, 0.3) is 23.6 Å². The zero-order chi connectivity index (χ0) is 57.5. The van der Waals surface area contributed by atoms with E-state index < -0.39 is 110 Å². The summed E-state index contributed by atoms with van der Waals surface area (Å²) in [5, 5.41) is 109. The van der Waals surface area contributed by atoms with Crippen LogP contribution in [-0.4, -0.2) is 240 Å². The molecule has 0 spiro atoms. The van der Waals surface area contributed by atoms with Gasteiger partial charge >= 0.3 is 11.9 Å². The molecule has 0 aliphatic carbocycles. The summed E-state index contributed by atoms with van der Waals surface area (Å²) >= 11 is 0. The number of fused-ring (bicyclic) bond motifs is 2. The first-order chi connectivity index (χ1) is 37.1. The number of pyridine rings is 1.